The molecule has 0 atom stereocenters. The predicted molar refractivity (Wildman–Crippen MR) is 192 cm³/mol. The van der Waals surface area contributed by atoms with Gasteiger partial charge in [0, 0.05) is 43.9 Å². The fourth-order valence-electron chi connectivity index (χ4n) is 7.30. The van der Waals surface area contributed by atoms with E-state index in [0.717, 1.165) is 88.6 Å². The Labute approximate surface area is 275 Å². The zero-order valence-corrected chi connectivity index (χ0v) is 25.6. The first-order chi connectivity index (χ1) is 23.8. The number of hydrogen-bond acceptors (Lipinski definition) is 4. The lowest BCUT2D eigenvalue weighted by Gasteiger charge is -2.22. The van der Waals surface area contributed by atoms with Gasteiger partial charge in [0.1, 0.15) is 11.5 Å². The van der Waals surface area contributed by atoms with E-state index in [9.17, 15) is 5.26 Å². The second-order valence-corrected chi connectivity index (χ2v) is 12.1. The molecule has 2 aromatic heterocycles. The number of hydrogen-bond donors (Lipinski definition) is 0. The summed E-state index contributed by atoms with van der Waals surface area (Å²) in [6, 6.07) is 52.0. The largest absolute Gasteiger partial charge is 0.455 e. The molecule has 0 fully saturated rings. The van der Waals surface area contributed by atoms with Crippen molar-refractivity contribution in [2.75, 3.05) is 0 Å². The summed E-state index contributed by atoms with van der Waals surface area (Å²) in [6.07, 6.45) is 0. The maximum atomic E-state index is 9.79. The van der Waals surface area contributed by atoms with Crippen molar-refractivity contribution in [1.82, 2.24) is 14.5 Å². The van der Waals surface area contributed by atoms with Crippen LogP contribution in [-0.4, -0.2) is 14.5 Å². The van der Waals surface area contributed by atoms with Gasteiger partial charge in [-0.3, -0.25) is 0 Å². The zero-order chi connectivity index (χ0) is 31.8. The van der Waals surface area contributed by atoms with Crippen LogP contribution in [0.2, 0.25) is 0 Å². The highest BCUT2D eigenvalue weighted by atomic mass is 16.5. The van der Waals surface area contributed by atoms with Gasteiger partial charge in [0.05, 0.1) is 39.3 Å². The van der Waals surface area contributed by atoms with Crippen LogP contribution in [0.3, 0.4) is 0 Å². The van der Waals surface area contributed by atoms with Crippen LogP contribution < -0.4 is 4.74 Å². The number of para-hydroxylation sites is 1. The van der Waals surface area contributed by atoms with Crippen LogP contribution in [0.15, 0.2) is 146 Å². The molecular weight excluding hydrogens is 589 g/mol. The molecule has 1 aliphatic rings. The molecule has 0 spiro atoms. The SMILES string of the molecule is N#Cc1ccc2c3c(cccc13)Oc1c-2ccc2c1c1ccccc1n2-c1ccc2nc(-c3ccccc3)nc(-c3ccccc3)c2c1. The minimum absolute atomic E-state index is 0.645. The smallest absolute Gasteiger partial charge is 0.160 e. The molecule has 0 saturated heterocycles. The van der Waals surface area contributed by atoms with E-state index >= 15 is 0 Å². The summed E-state index contributed by atoms with van der Waals surface area (Å²) in [4.78, 5) is 10.2. The molecule has 10 rings (SSSR count). The van der Waals surface area contributed by atoms with Gasteiger partial charge >= 0.3 is 0 Å². The average molecular weight is 613 g/mol. The molecule has 7 aromatic carbocycles. The summed E-state index contributed by atoms with van der Waals surface area (Å²) >= 11 is 0. The second-order valence-electron chi connectivity index (χ2n) is 12.1. The molecule has 0 amide bonds. The Bertz CT molecular complexity index is 2810. The molecule has 3 heterocycles. The van der Waals surface area contributed by atoms with Crippen LogP contribution in [0.4, 0.5) is 0 Å². The lowest BCUT2D eigenvalue weighted by atomic mass is 9.91. The summed E-state index contributed by atoms with van der Waals surface area (Å²) in [5.74, 6) is 2.29. The summed E-state index contributed by atoms with van der Waals surface area (Å²) in [7, 11) is 0. The summed E-state index contributed by atoms with van der Waals surface area (Å²) < 4.78 is 9.09. The van der Waals surface area contributed by atoms with Crippen LogP contribution in [0.25, 0.3) is 82.9 Å². The van der Waals surface area contributed by atoms with Crippen molar-refractivity contribution < 1.29 is 4.74 Å². The molecule has 1 aliphatic heterocycles. The molecule has 9 aromatic rings. The first kappa shape index (κ1) is 26.4. The summed E-state index contributed by atoms with van der Waals surface area (Å²) in [5.41, 5.74) is 9.67. The van der Waals surface area contributed by atoms with Crippen molar-refractivity contribution in [1.29, 1.82) is 5.26 Å². The van der Waals surface area contributed by atoms with Gasteiger partial charge in [0.25, 0.3) is 0 Å². The fraction of sp³-hybridized carbons (Fsp3) is 0. The third-order valence-electron chi connectivity index (χ3n) is 9.43. The van der Waals surface area contributed by atoms with Gasteiger partial charge in [-0.15, -0.1) is 0 Å². The van der Waals surface area contributed by atoms with Gasteiger partial charge in [0.2, 0.25) is 0 Å². The molecule has 0 radical (unpaired) electrons. The molecule has 48 heavy (non-hydrogen) atoms. The van der Waals surface area contributed by atoms with Gasteiger partial charge in [-0.2, -0.15) is 5.26 Å². The van der Waals surface area contributed by atoms with Crippen molar-refractivity contribution in [3.63, 3.8) is 0 Å². The van der Waals surface area contributed by atoms with Gasteiger partial charge in [-0.05, 0) is 54.1 Å². The van der Waals surface area contributed by atoms with Crippen LogP contribution in [-0.2, 0) is 0 Å². The fourth-order valence-corrected chi connectivity index (χ4v) is 7.30. The first-order valence-corrected chi connectivity index (χ1v) is 15.9. The normalized spacial score (nSPS) is 11.9. The molecular formula is C43H24N4O. The maximum Gasteiger partial charge on any atom is 0.160 e. The highest BCUT2D eigenvalue weighted by Gasteiger charge is 2.26. The zero-order valence-electron chi connectivity index (χ0n) is 25.6. The Hall–Kier alpha value is -6.77. The van der Waals surface area contributed by atoms with Crippen molar-refractivity contribution in [3.8, 4) is 57.0 Å². The summed E-state index contributed by atoms with van der Waals surface area (Å²) in [6.45, 7) is 0. The number of aromatic nitrogens is 3. The van der Waals surface area contributed by atoms with Crippen molar-refractivity contribution >= 4 is 43.5 Å². The third kappa shape index (κ3) is 3.78. The van der Waals surface area contributed by atoms with Crippen LogP contribution >= 0.6 is 0 Å². The number of rotatable bonds is 3. The lowest BCUT2D eigenvalue weighted by molar-refractivity contribution is 0.493. The highest BCUT2D eigenvalue weighted by Crippen LogP contribution is 2.52. The predicted octanol–water partition coefficient (Wildman–Crippen LogP) is 10.9. The van der Waals surface area contributed by atoms with Gasteiger partial charge in [-0.25, -0.2) is 9.97 Å². The Balaban J connectivity index is 1.24. The van der Waals surface area contributed by atoms with Crippen LogP contribution in [0.1, 0.15) is 5.56 Å². The molecule has 222 valence electrons. The maximum absolute atomic E-state index is 9.79. The minimum Gasteiger partial charge on any atom is -0.455 e. The number of nitrogens with zero attached hydrogens (tertiary/aromatic N) is 4. The van der Waals surface area contributed by atoms with Crippen molar-refractivity contribution in [2.45, 2.75) is 0 Å². The Morgan fingerprint density at radius 1 is 0.562 bits per heavy atom. The van der Waals surface area contributed by atoms with Crippen LogP contribution in [0, 0.1) is 11.3 Å². The lowest BCUT2D eigenvalue weighted by Crippen LogP contribution is -2.00. The first-order valence-electron chi connectivity index (χ1n) is 15.9. The topological polar surface area (TPSA) is 63.7 Å². The highest BCUT2D eigenvalue weighted by molar-refractivity contribution is 6.17. The minimum atomic E-state index is 0.645. The standard InChI is InChI=1S/C43H24N4O/c44-25-28-18-20-31-32-21-23-37-40(42(32)48-38-17-9-15-30(28)39(31)38)33-14-7-8-16-36(33)47(37)29-19-22-35-34(24-29)41(26-10-3-1-4-11-26)46-43(45-35)27-12-5-2-6-13-27/h1-24H. The van der Waals surface area contributed by atoms with Gasteiger partial charge < -0.3 is 9.30 Å². The summed E-state index contributed by atoms with van der Waals surface area (Å²) in [5, 5.41) is 14.8. The van der Waals surface area contributed by atoms with E-state index in [4.69, 9.17) is 14.7 Å². The Morgan fingerprint density at radius 2 is 1.31 bits per heavy atom. The molecule has 0 unspecified atom stereocenters. The third-order valence-corrected chi connectivity index (χ3v) is 9.43. The van der Waals surface area contributed by atoms with Crippen molar-refractivity contribution in [3.05, 3.63) is 151 Å². The number of fused-ring (bicyclic) bond motifs is 7. The average Bonchev–Trinajstić information content (AvgIpc) is 3.50. The quantitative estimate of drug-likeness (QED) is 0.199. The van der Waals surface area contributed by atoms with E-state index in [1.165, 1.54) is 0 Å². The van der Waals surface area contributed by atoms with E-state index in [1.807, 2.05) is 72.8 Å². The van der Waals surface area contributed by atoms with E-state index in [1.54, 1.807) is 0 Å². The second kappa shape index (κ2) is 10.1. The molecule has 0 N–H and O–H groups in total. The molecule has 5 nitrogen and oxygen atoms in total. The number of benzene rings is 7. The Morgan fingerprint density at radius 3 is 2.15 bits per heavy atom. The van der Waals surface area contributed by atoms with E-state index in [2.05, 4.69) is 83.4 Å². The monoisotopic (exact) mass is 612 g/mol. The van der Waals surface area contributed by atoms with E-state index < -0.39 is 0 Å². The van der Waals surface area contributed by atoms with Crippen LogP contribution in [0.5, 0.6) is 11.5 Å². The number of nitriles is 1. The number of ether oxygens (including phenoxy) is 1. The molecule has 0 saturated carbocycles. The van der Waals surface area contributed by atoms with E-state index in [-0.39, 0.29) is 0 Å². The molecule has 0 aliphatic carbocycles. The van der Waals surface area contributed by atoms with Crippen molar-refractivity contribution in [2.24, 2.45) is 0 Å². The molecule has 0 bridgehead atoms. The molecule has 5 heteroatoms. The Kier molecular flexibility index (Phi) is 5.57. The van der Waals surface area contributed by atoms with Gasteiger partial charge in [0.15, 0.2) is 5.82 Å². The van der Waals surface area contributed by atoms with E-state index in [0.29, 0.717) is 11.4 Å². The van der Waals surface area contributed by atoms with Gasteiger partial charge in [-0.1, -0.05) is 97.1 Å².